The highest BCUT2D eigenvalue weighted by atomic mass is 19.4. The zero-order valence-electron chi connectivity index (χ0n) is 19.6. The Morgan fingerprint density at radius 1 is 1.14 bits per heavy atom. The van der Waals surface area contributed by atoms with E-state index < -0.39 is 36.1 Å². The lowest BCUT2D eigenvalue weighted by molar-refractivity contribution is -0.192. The average Bonchev–Trinajstić information content (AvgIpc) is 3.40. The SMILES string of the molecule is C#C[C@H]1CC[C@@H](C#N)N1C(=O)[C@@H](N)C1CC2CCC(C1)N2C(=O)c1ccncc1F.O=C(O)C(F)(F)F. The van der Waals surface area contributed by atoms with Gasteiger partial charge < -0.3 is 20.6 Å². The fraction of sp³-hybridized carbons (Fsp3) is 0.542. The third kappa shape index (κ3) is 5.83. The summed E-state index contributed by atoms with van der Waals surface area (Å²) in [6, 6.07) is 1.67. The van der Waals surface area contributed by atoms with Crippen molar-refractivity contribution in [3.8, 4) is 18.4 Å². The number of nitriles is 1. The van der Waals surface area contributed by atoms with Crippen molar-refractivity contribution in [1.82, 2.24) is 14.8 Å². The molecule has 4 heterocycles. The van der Waals surface area contributed by atoms with Gasteiger partial charge in [0.2, 0.25) is 5.91 Å². The molecule has 3 saturated heterocycles. The lowest BCUT2D eigenvalue weighted by Crippen LogP contribution is -2.56. The Kier molecular flexibility index (Phi) is 8.39. The number of pyridine rings is 1. The van der Waals surface area contributed by atoms with Crippen molar-refractivity contribution in [2.24, 2.45) is 11.7 Å². The Morgan fingerprint density at radius 2 is 1.70 bits per heavy atom. The fourth-order valence-corrected chi connectivity index (χ4v) is 5.31. The summed E-state index contributed by atoms with van der Waals surface area (Å²) >= 11 is 0. The summed E-state index contributed by atoms with van der Waals surface area (Å²) in [5.74, 6) is -1.52. The molecule has 1 aromatic heterocycles. The third-order valence-corrected chi connectivity index (χ3v) is 7.02. The van der Waals surface area contributed by atoms with E-state index in [1.165, 1.54) is 17.2 Å². The first-order valence-corrected chi connectivity index (χ1v) is 11.6. The van der Waals surface area contributed by atoms with Gasteiger partial charge in [-0.15, -0.1) is 6.42 Å². The van der Waals surface area contributed by atoms with Crippen LogP contribution in [0.1, 0.15) is 48.9 Å². The van der Waals surface area contributed by atoms with Gasteiger partial charge in [-0.05, 0) is 50.5 Å². The minimum absolute atomic E-state index is 0.0199. The number of hydrogen-bond donors (Lipinski definition) is 2. The molecule has 13 heteroatoms. The van der Waals surface area contributed by atoms with E-state index in [-0.39, 0.29) is 35.4 Å². The van der Waals surface area contributed by atoms with Gasteiger partial charge in [0, 0.05) is 18.3 Å². The first-order valence-electron chi connectivity index (χ1n) is 11.6. The van der Waals surface area contributed by atoms with Gasteiger partial charge >= 0.3 is 12.1 Å². The number of fused-ring (bicyclic) bond motifs is 2. The first kappa shape index (κ1) is 27.9. The van der Waals surface area contributed by atoms with E-state index in [0.29, 0.717) is 25.7 Å². The predicted octanol–water partition coefficient (Wildman–Crippen LogP) is 2.08. The number of carbonyl (C=O) groups excluding carboxylic acids is 2. The molecule has 9 nitrogen and oxygen atoms in total. The number of amides is 2. The van der Waals surface area contributed by atoms with Crippen LogP contribution < -0.4 is 5.73 Å². The number of rotatable bonds is 3. The topological polar surface area (TPSA) is 141 Å². The largest absolute Gasteiger partial charge is 0.490 e. The Labute approximate surface area is 210 Å². The van der Waals surface area contributed by atoms with E-state index in [2.05, 4.69) is 17.0 Å². The van der Waals surface area contributed by atoms with Gasteiger partial charge in [0.15, 0.2) is 5.82 Å². The smallest absolute Gasteiger partial charge is 0.475 e. The molecule has 0 spiro atoms. The molecule has 2 unspecified atom stereocenters. The number of piperidine rings is 1. The highest BCUT2D eigenvalue weighted by Crippen LogP contribution is 2.41. The first-order chi connectivity index (χ1) is 17.4. The van der Waals surface area contributed by atoms with E-state index in [4.69, 9.17) is 22.1 Å². The van der Waals surface area contributed by atoms with Crippen molar-refractivity contribution in [1.29, 1.82) is 5.26 Å². The second-order valence-electron chi connectivity index (χ2n) is 9.16. The molecule has 0 saturated carbocycles. The Hall–Kier alpha value is -3.71. The summed E-state index contributed by atoms with van der Waals surface area (Å²) in [4.78, 5) is 41.9. The van der Waals surface area contributed by atoms with Crippen molar-refractivity contribution < 1.29 is 37.1 Å². The average molecular weight is 523 g/mol. The maximum atomic E-state index is 14.1. The van der Waals surface area contributed by atoms with E-state index in [9.17, 15) is 32.4 Å². The van der Waals surface area contributed by atoms with Gasteiger partial charge in [-0.2, -0.15) is 18.4 Å². The molecule has 3 aliphatic rings. The number of terminal acetylenes is 1. The van der Waals surface area contributed by atoms with Crippen molar-refractivity contribution in [2.75, 3.05) is 0 Å². The number of carbonyl (C=O) groups is 3. The van der Waals surface area contributed by atoms with Crippen LogP contribution in [0.3, 0.4) is 0 Å². The molecule has 2 amide bonds. The summed E-state index contributed by atoms with van der Waals surface area (Å²) < 4.78 is 45.8. The molecule has 0 radical (unpaired) electrons. The molecule has 0 aromatic carbocycles. The number of carboxylic acids is 1. The standard InChI is InChI=1S/C22H24FN5O2.C2HF3O2/c1-2-14-3-6-17(11-24)27(14)22(30)20(25)13-9-15-4-5-16(10-13)28(15)21(29)18-7-8-26-12-19(18)23;3-2(4,5)1(6)7/h1,7-8,12-17,20H,3-6,9-10,25H2;(H,6,7)/t13?,14-,15?,16?,17-,20-;/m0./s1. The van der Waals surface area contributed by atoms with Gasteiger partial charge in [-0.1, -0.05) is 5.92 Å². The van der Waals surface area contributed by atoms with Gasteiger partial charge in [0.05, 0.1) is 29.9 Å². The van der Waals surface area contributed by atoms with Crippen molar-refractivity contribution >= 4 is 17.8 Å². The highest BCUT2D eigenvalue weighted by Gasteiger charge is 2.48. The Balaban J connectivity index is 0.000000479. The fourth-order valence-electron chi connectivity index (χ4n) is 5.31. The molecule has 2 bridgehead atoms. The molecule has 4 rings (SSSR count). The molecular formula is C24H25F4N5O4. The zero-order chi connectivity index (χ0) is 27.5. The van der Waals surface area contributed by atoms with E-state index in [1.807, 2.05) is 0 Å². The second kappa shape index (κ2) is 11.1. The summed E-state index contributed by atoms with van der Waals surface area (Å²) in [6.07, 6.45) is 6.84. The quantitative estimate of drug-likeness (QED) is 0.457. The number of halogens is 4. The van der Waals surface area contributed by atoms with Crippen molar-refractivity contribution in [3.63, 3.8) is 0 Å². The molecule has 3 N–H and O–H groups in total. The minimum Gasteiger partial charge on any atom is -0.475 e. The normalized spacial score (nSPS) is 27.4. The van der Waals surface area contributed by atoms with Crippen LogP contribution in [-0.2, 0) is 9.59 Å². The summed E-state index contributed by atoms with van der Waals surface area (Å²) in [7, 11) is 0. The van der Waals surface area contributed by atoms with E-state index in [0.717, 1.165) is 19.0 Å². The van der Waals surface area contributed by atoms with Gasteiger partial charge in [0.25, 0.3) is 5.91 Å². The van der Waals surface area contributed by atoms with Crippen LogP contribution in [-0.4, -0.2) is 74.1 Å². The van der Waals surface area contributed by atoms with Crippen molar-refractivity contribution in [3.05, 3.63) is 29.8 Å². The molecule has 3 aliphatic heterocycles. The van der Waals surface area contributed by atoms with Crippen LogP contribution in [0.4, 0.5) is 17.6 Å². The van der Waals surface area contributed by atoms with Gasteiger partial charge in [-0.25, -0.2) is 9.18 Å². The molecule has 3 fully saturated rings. The van der Waals surface area contributed by atoms with Crippen LogP contribution in [0, 0.1) is 35.4 Å². The molecular weight excluding hydrogens is 498 g/mol. The van der Waals surface area contributed by atoms with Crippen LogP contribution in [0.15, 0.2) is 18.5 Å². The Morgan fingerprint density at radius 3 is 2.19 bits per heavy atom. The van der Waals surface area contributed by atoms with E-state index >= 15 is 0 Å². The number of hydrogen-bond acceptors (Lipinski definition) is 6. The molecule has 0 aliphatic carbocycles. The van der Waals surface area contributed by atoms with Crippen molar-refractivity contribution in [2.45, 2.75) is 74.9 Å². The number of alkyl halides is 3. The number of aliphatic carboxylic acids is 1. The van der Waals surface area contributed by atoms with Crippen LogP contribution >= 0.6 is 0 Å². The summed E-state index contributed by atoms with van der Waals surface area (Å²) in [5, 5.41) is 16.5. The Bertz CT molecular complexity index is 1100. The number of carboxylic acid groups (broad SMARTS) is 1. The molecule has 37 heavy (non-hydrogen) atoms. The molecule has 198 valence electrons. The number of nitrogens with two attached hydrogens (primary N) is 1. The van der Waals surface area contributed by atoms with Crippen LogP contribution in [0.5, 0.6) is 0 Å². The molecule has 5 atom stereocenters. The van der Waals surface area contributed by atoms with Crippen LogP contribution in [0.25, 0.3) is 0 Å². The predicted molar refractivity (Wildman–Crippen MR) is 120 cm³/mol. The maximum absolute atomic E-state index is 14.1. The number of likely N-dealkylation sites (tertiary alicyclic amines) is 1. The summed E-state index contributed by atoms with van der Waals surface area (Å²) in [6.45, 7) is 0. The zero-order valence-corrected chi connectivity index (χ0v) is 19.6. The monoisotopic (exact) mass is 523 g/mol. The van der Waals surface area contributed by atoms with Gasteiger partial charge in [0.1, 0.15) is 6.04 Å². The lowest BCUT2D eigenvalue weighted by atomic mass is 9.84. The second-order valence-corrected chi connectivity index (χ2v) is 9.16. The van der Waals surface area contributed by atoms with Crippen LogP contribution in [0.2, 0.25) is 0 Å². The maximum Gasteiger partial charge on any atom is 0.490 e. The third-order valence-electron chi connectivity index (χ3n) is 7.02. The summed E-state index contributed by atoms with van der Waals surface area (Å²) in [5.41, 5.74) is 6.39. The number of aromatic nitrogens is 1. The van der Waals surface area contributed by atoms with E-state index in [1.54, 1.807) is 4.90 Å². The lowest BCUT2D eigenvalue weighted by Gasteiger charge is -2.41. The molecule has 1 aromatic rings. The number of nitrogens with zero attached hydrogens (tertiary/aromatic N) is 4. The minimum atomic E-state index is -5.08. The van der Waals surface area contributed by atoms with Gasteiger partial charge in [-0.3, -0.25) is 14.6 Å². The highest BCUT2D eigenvalue weighted by molar-refractivity contribution is 5.95.